The summed E-state index contributed by atoms with van der Waals surface area (Å²) >= 11 is 11.8. The number of nitrogens with zero attached hydrogens (tertiary/aromatic N) is 5. The van der Waals surface area contributed by atoms with Crippen LogP contribution in [0.1, 0.15) is 0 Å². The Morgan fingerprint density at radius 3 is 2.71 bits per heavy atom. The molecule has 3 rings (SSSR count). The predicted molar refractivity (Wildman–Crippen MR) is 76.7 cm³/mol. The molecule has 0 atom stereocenters. The first kappa shape index (κ1) is 13.7. The summed E-state index contributed by atoms with van der Waals surface area (Å²) in [6, 6.07) is 4.32. The van der Waals surface area contributed by atoms with Gasteiger partial charge in [-0.1, -0.05) is 17.7 Å². The summed E-state index contributed by atoms with van der Waals surface area (Å²) in [5.74, 6) is -0.198. The molecule has 9 heteroatoms. The van der Waals surface area contributed by atoms with Crippen molar-refractivity contribution in [3.63, 3.8) is 0 Å². The number of rotatable bonds is 3. The van der Waals surface area contributed by atoms with Crippen LogP contribution in [-0.4, -0.2) is 24.5 Å². The third-order valence-electron chi connectivity index (χ3n) is 2.53. The third kappa shape index (κ3) is 2.93. The second kappa shape index (κ2) is 5.63. The minimum Gasteiger partial charge on any atom is -0.320 e. The first-order chi connectivity index (χ1) is 10.1. The van der Waals surface area contributed by atoms with Crippen molar-refractivity contribution in [2.24, 2.45) is 0 Å². The molecule has 0 amide bonds. The molecule has 2 heterocycles. The summed E-state index contributed by atoms with van der Waals surface area (Å²) in [4.78, 5) is 15.9. The fourth-order valence-electron chi connectivity index (χ4n) is 1.62. The highest BCUT2D eigenvalue weighted by Gasteiger charge is 2.11. The quantitative estimate of drug-likeness (QED) is 0.800. The number of benzene rings is 1. The van der Waals surface area contributed by atoms with Crippen LogP contribution in [0.2, 0.25) is 10.3 Å². The van der Waals surface area contributed by atoms with E-state index in [1.54, 1.807) is 23.0 Å². The monoisotopic (exact) mass is 324 g/mol. The summed E-state index contributed by atoms with van der Waals surface area (Å²) in [5.41, 5.74) is 0.0676. The molecule has 0 aliphatic carbocycles. The van der Waals surface area contributed by atoms with Gasteiger partial charge in [0.25, 0.3) is 0 Å². The van der Waals surface area contributed by atoms with Crippen molar-refractivity contribution in [1.29, 1.82) is 0 Å². The van der Waals surface area contributed by atoms with E-state index >= 15 is 0 Å². The van der Waals surface area contributed by atoms with Crippen molar-refractivity contribution >= 4 is 34.8 Å². The van der Waals surface area contributed by atoms with Crippen molar-refractivity contribution in [2.75, 3.05) is 5.32 Å². The van der Waals surface area contributed by atoms with Gasteiger partial charge in [0, 0.05) is 12.4 Å². The van der Waals surface area contributed by atoms with E-state index in [-0.39, 0.29) is 27.9 Å². The summed E-state index contributed by atoms with van der Waals surface area (Å²) in [5, 5.41) is 2.86. The largest absolute Gasteiger partial charge is 0.320 e. The molecule has 0 fully saturated rings. The molecule has 0 saturated carbocycles. The van der Waals surface area contributed by atoms with Crippen molar-refractivity contribution in [3.8, 4) is 5.95 Å². The van der Waals surface area contributed by atoms with Crippen molar-refractivity contribution < 1.29 is 4.39 Å². The molecule has 0 aliphatic heterocycles. The van der Waals surface area contributed by atoms with Gasteiger partial charge >= 0.3 is 0 Å². The molecule has 0 spiro atoms. The molecule has 0 aliphatic rings. The Morgan fingerprint density at radius 2 is 2.00 bits per heavy atom. The van der Waals surface area contributed by atoms with Crippen LogP contribution in [0.5, 0.6) is 0 Å². The molecular formula is C12H7Cl2FN6. The lowest BCUT2D eigenvalue weighted by molar-refractivity contribution is 0.631. The maximum Gasteiger partial charge on any atom is 0.241 e. The average Bonchev–Trinajstić information content (AvgIpc) is 2.97. The van der Waals surface area contributed by atoms with E-state index in [0.29, 0.717) is 0 Å². The Kier molecular flexibility index (Phi) is 3.68. The van der Waals surface area contributed by atoms with Crippen LogP contribution in [0.25, 0.3) is 5.95 Å². The second-order valence-corrected chi connectivity index (χ2v) is 4.66. The lowest BCUT2D eigenvalue weighted by atomic mass is 10.3. The topological polar surface area (TPSA) is 68.5 Å². The number of imidazole rings is 1. The highest BCUT2D eigenvalue weighted by atomic mass is 35.5. The molecule has 106 valence electrons. The maximum absolute atomic E-state index is 13.7. The standard InChI is InChI=1S/C12H7Cl2FN6/c13-7-2-1-3-8(15)9(7)17-11-18-10(14)19-12(20-11)21-5-4-16-6-21/h1-6H,(H,17,18,19,20). The molecule has 1 aromatic carbocycles. The van der Waals surface area contributed by atoms with Gasteiger partial charge in [0.2, 0.25) is 17.2 Å². The van der Waals surface area contributed by atoms with Crippen molar-refractivity contribution in [1.82, 2.24) is 24.5 Å². The molecule has 6 nitrogen and oxygen atoms in total. The minimum atomic E-state index is -0.525. The van der Waals surface area contributed by atoms with Gasteiger partial charge in [-0.3, -0.25) is 4.57 Å². The zero-order chi connectivity index (χ0) is 14.8. The number of hydrogen-bond acceptors (Lipinski definition) is 5. The number of hydrogen-bond donors (Lipinski definition) is 1. The van der Waals surface area contributed by atoms with Crippen LogP contribution < -0.4 is 5.32 Å². The van der Waals surface area contributed by atoms with E-state index in [9.17, 15) is 4.39 Å². The van der Waals surface area contributed by atoms with E-state index in [0.717, 1.165) is 0 Å². The van der Waals surface area contributed by atoms with Gasteiger partial charge in [-0.2, -0.15) is 15.0 Å². The zero-order valence-corrected chi connectivity index (χ0v) is 11.8. The average molecular weight is 325 g/mol. The smallest absolute Gasteiger partial charge is 0.241 e. The van der Waals surface area contributed by atoms with Crippen LogP contribution in [0.15, 0.2) is 36.9 Å². The van der Waals surface area contributed by atoms with Gasteiger partial charge in [0.05, 0.1) is 10.7 Å². The Hall–Kier alpha value is -2.25. The van der Waals surface area contributed by atoms with Gasteiger partial charge in [-0.15, -0.1) is 0 Å². The van der Waals surface area contributed by atoms with E-state index in [2.05, 4.69) is 25.3 Å². The second-order valence-electron chi connectivity index (χ2n) is 3.92. The summed E-state index contributed by atoms with van der Waals surface area (Å²) < 4.78 is 15.3. The highest BCUT2D eigenvalue weighted by molar-refractivity contribution is 6.33. The molecule has 2 aromatic heterocycles. The first-order valence-electron chi connectivity index (χ1n) is 5.74. The van der Waals surface area contributed by atoms with Gasteiger partial charge < -0.3 is 5.32 Å². The summed E-state index contributed by atoms with van der Waals surface area (Å²) in [7, 11) is 0. The maximum atomic E-state index is 13.7. The molecule has 1 N–H and O–H groups in total. The Bertz CT molecular complexity index is 757. The van der Waals surface area contributed by atoms with Gasteiger partial charge in [-0.25, -0.2) is 9.37 Å². The van der Waals surface area contributed by atoms with Crippen LogP contribution in [0.3, 0.4) is 0 Å². The minimum absolute atomic E-state index is 0.0383. The predicted octanol–water partition coefficient (Wildman–Crippen LogP) is 3.25. The van der Waals surface area contributed by atoms with Gasteiger partial charge in [0.1, 0.15) is 12.1 Å². The van der Waals surface area contributed by atoms with E-state index in [4.69, 9.17) is 23.2 Å². The molecule has 0 radical (unpaired) electrons. The van der Waals surface area contributed by atoms with Gasteiger partial charge in [-0.05, 0) is 23.7 Å². The number of halogens is 3. The Labute approximate surface area is 128 Å². The van der Waals surface area contributed by atoms with Crippen LogP contribution >= 0.6 is 23.2 Å². The summed E-state index contributed by atoms with van der Waals surface area (Å²) in [6.07, 6.45) is 4.72. The van der Waals surface area contributed by atoms with Crippen LogP contribution in [0.4, 0.5) is 16.0 Å². The van der Waals surface area contributed by atoms with Gasteiger partial charge in [0.15, 0.2) is 0 Å². The number of nitrogens with one attached hydrogen (secondary N) is 1. The number of aromatic nitrogens is 5. The highest BCUT2D eigenvalue weighted by Crippen LogP contribution is 2.27. The van der Waals surface area contributed by atoms with Crippen molar-refractivity contribution in [2.45, 2.75) is 0 Å². The Morgan fingerprint density at radius 1 is 1.14 bits per heavy atom. The van der Waals surface area contributed by atoms with Crippen molar-refractivity contribution in [3.05, 3.63) is 53.0 Å². The lowest BCUT2D eigenvalue weighted by Crippen LogP contribution is -2.06. The Balaban J connectivity index is 2.00. The fraction of sp³-hybridized carbons (Fsp3) is 0. The van der Waals surface area contributed by atoms with E-state index in [1.807, 2.05) is 0 Å². The molecule has 21 heavy (non-hydrogen) atoms. The zero-order valence-electron chi connectivity index (χ0n) is 10.3. The van der Waals surface area contributed by atoms with Crippen LogP contribution in [-0.2, 0) is 0 Å². The third-order valence-corrected chi connectivity index (χ3v) is 3.02. The molecule has 0 saturated heterocycles. The normalized spacial score (nSPS) is 10.6. The molecule has 3 aromatic rings. The number of anilines is 2. The molecule has 0 bridgehead atoms. The lowest BCUT2D eigenvalue weighted by Gasteiger charge is -2.09. The summed E-state index contributed by atoms with van der Waals surface area (Å²) in [6.45, 7) is 0. The fourth-order valence-corrected chi connectivity index (χ4v) is 1.98. The molecule has 0 unspecified atom stereocenters. The first-order valence-corrected chi connectivity index (χ1v) is 6.50. The van der Waals surface area contributed by atoms with E-state index < -0.39 is 5.82 Å². The van der Waals surface area contributed by atoms with Crippen LogP contribution in [0, 0.1) is 5.82 Å². The molecular weight excluding hydrogens is 318 g/mol. The van der Waals surface area contributed by atoms with E-state index in [1.165, 1.54) is 18.5 Å². The SMILES string of the molecule is Fc1cccc(Cl)c1Nc1nc(Cl)nc(-n2ccnc2)n1. The number of para-hydroxylation sites is 1.